The first-order valence-electron chi connectivity index (χ1n) is 6.92. The smallest absolute Gasteiger partial charge is 0.220 e. The minimum atomic E-state index is 0.193. The quantitative estimate of drug-likeness (QED) is 0.900. The summed E-state index contributed by atoms with van der Waals surface area (Å²) in [4.78, 5) is 19.5. The first kappa shape index (κ1) is 14.5. The van der Waals surface area contributed by atoms with Crippen molar-refractivity contribution in [3.63, 3.8) is 0 Å². The van der Waals surface area contributed by atoms with E-state index in [9.17, 15) is 4.79 Å². The first-order valence-corrected chi connectivity index (χ1v) is 7.73. The van der Waals surface area contributed by atoms with Crippen molar-refractivity contribution in [3.05, 3.63) is 15.6 Å². The SMILES string of the molecule is Cc1nc(C)c(CN(CC2CCC(=O)N2)C(C)C)s1. The Labute approximate surface area is 119 Å². The van der Waals surface area contributed by atoms with E-state index in [1.165, 1.54) is 4.88 Å². The van der Waals surface area contributed by atoms with Gasteiger partial charge in [-0.05, 0) is 34.1 Å². The zero-order valence-corrected chi connectivity index (χ0v) is 13.0. The number of carbonyl (C=O) groups excluding carboxylic acids is 1. The van der Waals surface area contributed by atoms with Crippen molar-refractivity contribution >= 4 is 17.2 Å². The molecule has 1 atom stereocenters. The second kappa shape index (κ2) is 6.01. The van der Waals surface area contributed by atoms with Gasteiger partial charge in [0.15, 0.2) is 0 Å². The lowest BCUT2D eigenvalue weighted by atomic mass is 10.2. The number of amides is 1. The number of hydrogen-bond donors (Lipinski definition) is 1. The van der Waals surface area contributed by atoms with Crippen LogP contribution in [0.3, 0.4) is 0 Å². The molecule has 2 heterocycles. The molecule has 1 amide bonds. The second-order valence-corrected chi connectivity index (χ2v) is 6.86. The van der Waals surface area contributed by atoms with Gasteiger partial charge in [-0.2, -0.15) is 0 Å². The molecular formula is C14H23N3OS. The highest BCUT2D eigenvalue weighted by molar-refractivity contribution is 7.11. The van der Waals surface area contributed by atoms with Gasteiger partial charge in [0.05, 0.1) is 10.7 Å². The Balaban J connectivity index is 2.00. The van der Waals surface area contributed by atoms with Crippen molar-refractivity contribution in [3.8, 4) is 0 Å². The van der Waals surface area contributed by atoms with Crippen LogP contribution in [0.5, 0.6) is 0 Å². The molecule has 0 saturated carbocycles. The van der Waals surface area contributed by atoms with Crippen molar-refractivity contribution < 1.29 is 4.79 Å². The van der Waals surface area contributed by atoms with Gasteiger partial charge in [-0.3, -0.25) is 9.69 Å². The summed E-state index contributed by atoms with van der Waals surface area (Å²) in [5.41, 5.74) is 1.14. The van der Waals surface area contributed by atoms with Crippen molar-refractivity contribution in [2.75, 3.05) is 6.54 Å². The third-order valence-electron chi connectivity index (χ3n) is 3.62. The maximum atomic E-state index is 11.3. The van der Waals surface area contributed by atoms with E-state index in [1.54, 1.807) is 11.3 Å². The molecule has 0 aromatic carbocycles. The summed E-state index contributed by atoms with van der Waals surface area (Å²) in [5.74, 6) is 0.193. The van der Waals surface area contributed by atoms with Gasteiger partial charge in [-0.15, -0.1) is 11.3 Å². The largest absolute Gasteiger partial charge is 0.352 e. The van der Waals surface area contributed by atoms with E-state index >= 15 is 0 Å². The summed E-state index contributed by atoms with van der Waals surface area (Å²) in [7, 11) is 0. The number of aryl methyl sites for hydroxylation is 2. The number of aromatic nitrogens is 1. The fourth-order valence-corrected chi connectivity index (χ4v) is 3.42. The lowest BCUT2D eigenvalue weighted by Gasteiger charge is -2.28. The van der Waals surface area contributed by atoms with Crippen LogP contribution in [0.4, 0.5) is 0 Å². The Hall–Kier alpha value is -0.940. The number of thiazole rings is 1. The summed E-state index contributed by atoms with van der Waals surface area (Å²) < 4.78 is 0. The summed E-state index contributed by atoms with van der Waals surface area (Å²) in [6.07, 6.45) is 1.64. The van der Waals surface area contributed by atoms with E-state index in [0.29, 0.717) is 18.5 Å². The normalized spacial score (nSPS) is 19.5. The molecule has 1 aliphatic rings. The molecule has 5 heteroatoms. The van der Waals surface area contributed by atoms with Crippen molar-refractivity contribution in [2.24, 2.45) is 0 Å². The van der Waals surface area contributed by atoms with Gasteiger partial charge < -0.3 is 5.32 Å². The van der Waals surface area contributed by atoms with Gasteiger partial charge >= 0.3 is 0 Å². The van der Waals surface area contributed by atoms with Gasteiger partial charge in [0.1, 0.15) is 0 Å². The van der Waals surface area contributed by atoms with Crippen molar-refractivity contribution in [1.29, 1.82) is 0 Å². The van der Waals surface area contributed by atoms with E-state index in [1.807, 2.05) is 0 Å². The highest BCUT2D eigenvalue weighted by atomic mass is 32.1. The predicted octanol–water partition coefficient (Wildman–Crippen LogP) is 2.25. The Kier molecular flexibility index (Phi) is 4.58. The fourth-order valence-electron chi connectivity index (χ4n) is 2.46. The van der Waals surface area contributed by atoms with Crippen LogP contribution < -0.4 is 5.32 Å². The average molecular weight is 281 g/mol. The third kappa shape index (κ3) is 3.76. The molecule has 0 spiro atoms. The Bertz CT molecular complexity index is 456. The first-order chi connectivity index (χ1) is 8.95. The summed E-state index contributed by atoms with van der Waals surface area (Å²) in [5, 5.41) is 4.18. The molecule has 1 N–H and O–H groups in total. The molecule has 4 nitrogen and oxygen atoms in total. The predicted molar refractivity (Wildman–Crippen MR) is 78.3 cm³/mol. The van der Waals surface area contributed by atoms with Gasteiger partial charge in [0.2, 0.25) is 5.91 Å². The van der Waals surface area contributed by atoms with Gasteiger partial charge in [0, 0.05) is 36.5 Å². The van der Waals surface area contributed by atoms with Crippen LogP contribution >= 0.6 is 11.3 Å². The van der Waals surface area contributed by atoms with E-state index < -0.39 is 0 Å². The van der Waals surface area contributed by atoms with Crippen LogP contribution in [-0.4, -0.2) is 34.4 Å². The number of carbonyl (C=O) groups is 1. The summed E-state index contributed by atoms with van der Waals surface area (Å²) >= 11 is 1.78. The molecule has 0 aliphatic carbocycles. The standard InChI is InChI=1S/C14H23N3OS/c1-9(2)17(7-12-5-6-14(18)16-12)8-13-10(3)15-11(4)19-13/h9,12H,5-8H2,1-4H3,(H,16,18). The topological polar surface area (TPSA) is 45.2 Å². The minimum Gasteiger partial charge on any atom is -0.352 e. The molecule has 0 radical (unpaired) electrons. The zero-order valence-electron chi connectivity index (χ0n) is 12.2. The summed E-state index contributed by atoms with van der Waals surface area (Å²) in [6.45, 7) is 10.4. The number of nitrogens with one attached hydrogen (secondary N) is 1. The molecular weight excluding hydrogens is 258 g/mol. The minimum absolute atomic E-state index is 0.193. The third-order valence-corrected chi connectivity index (χ3v) is 4.67. The van der Waals surface area contributed by atoms with Crippen LogP contribution in [0.15, 0.2) is 0 Å². The molecule has 106 valence electrons. The van der Waals surface area contributed by atoms with Crippen molar-refractivity contribution in [2.45, 2.75) is 59.2 Å². The summed E-state index contributed by atoms with van der Waals surface area (Å²) in [6, 6.07) is 0.781. The van der Waals surface area contributed by atoms with Gasteiger partial charge in [-0.25, -0.2) is 4.98 Å². The van der Waals surface area contributed by atoms with Crippen LogP contribution in [-0.2, 0) is 11.3 Å². The van der Waals surface area contributed by atoms with Crippen LogP contribution in [0.1, 0.15) is 42.3 Å². The van der Waals surface area contributed by atoms with Crippen LogP contribution in [0.25, 0.3) is 0 Å². The highest BCUT2D eigenvalue weighted by Crippen LogP contribution is 2.21. The zero-order chi connectivity index (χ0) is 14.0. The van der Waals surface area contributed by atoms with E-state index in [-0.39, 0.29) is 5.91 Å². The van der Waals surface area contributed by atoms with E-state index in [4.69, 9.17) is 0 Å². The number of rotatable bonds is 5. The van der Waals surface area contributed by atoms with Gasteiger partial charge in [-0.1, -0.05) is 0 Å². The Morgan fingerprint density at radius 3 is 2.68 bits per heavy atom. The average Bonchev–Trinajstić information content (AvgIpc) is 2.85. The molecule has 1 aromatic heterocycles. The maximum absolute atomic E-state index is 11.3. The van der Waals surface area contributed by atoms with Crippen molar-refractivity contribution in [1.82, 2.24) is 15.2 Å². The number of nitrogens with zero attached hydrogens (tertiary/aromatic N) is 2. The van der Waals surface area contributed by atoms with E-state index in [0.717, 1.165) is 30.2 Å². The molecule has 0 bridgehead atoms. The second-order valence-electron chi connectivity index (χ2n) is 5.57. The molecule has 1 aliphatic heterocycles. The molecule has 1 saturated heterocycles. The molecule has 1 unspecified atom stereocenters. The maximum Gasteiger partial charge on any atom is 0.220 e. The molecule has 2 rings (SSSR count). The van der Waals surface area contributed by atoms with E-state index in [2.05, 4.69) is 42.9 Å². The molecule has 1 fully saturated rings. The lowest BCUT2D eigenvalue weighted by Crippen LogP contribution is -2.41. The Morgan fingerprint density at radius 2 is 2.21 bits per heavy atom. The Morgan fingerprint density at radius 1 is 1.47 bits per heavy atom. The van der Waals surface area contributed by atoms with Crippen LogP contribution in [0.2, 0.25) is 0 Å². The lowest BCUT2D eigenvalue weighted by molar-refractivity contribution is -0.119. The highest BCUT2D eigenvalue weighted by Gasteiger charge is 2.24. The van der Waals surface area contributed by atoms with Gasteiger partial charge in [0.25, 0.3) is 0 Å². The van der Waals surface area contributed by atoms with Crippen LogP contribution in [0, 0.1) is 13.8 Å². The molecule has 19 heavy (non-hydrogen) atoms. The number of hydrogen-bond acceptors (Lipinski definition) is 4. The molecule has 1 aromatic rings. The monoisotopic (exact) mass is 281 g/mol. The fraction of sp³-hybridized carbons (Fsp3) is 0.714.